The molecule has 0 saturated heterocycles. The van der Waals surface area contributed by atoms with Crippen LogP contribution in [0.15, 0.2) is 24.5 Å². The molecule has 2 aromatic rings. The van der Waals surface area contributed by atoms with Crippen LogP contribution in [-0.4, -0.2) is 22.0 Å². The maximum absolute atomic E-state index is 6.09. The molecule has 0 aliphatic carbocycles. The molecule has 0 radical (unpaired) electrons. The first-order valence-corrected chi connectivity index (χ1v) is 6.38. The Morgan fingerprint density at radius 1 is 1.53 bits per heavy atom. The largest absolute Gasteiger partial charge is 0.345 e. The first kappa shape index (κ1) is 10.5. The molecule has 1 aromatic carbocycles. The highest BCUT2D eigenvalue weighted by Crippen LogP contribution is 2.19. The zero-order valence-electron chi connectivity index (χ0n) is 8.73. The second kappa shape index (κ2) is 4.68. The molecule has 80 valence electrons. The lowest BCUT2D eigenvalue weighted by Crippen LogP contribution is -2.10. The number of H-pyrrole nitrogens is 1. The van der Waals surface area contributed by atoms with Gasteiger partial charge in [0, 0.05) is 6.04 Å². The Balaban J connectivity index is 2.19. The fraction of sp³-hybridized carbons (Fsp3) is 0.364. The zero-order valence-corrected chi connectivity index (χ0v) is 9.55. The van der Waals surface area contributed by atoms with Crippen LogP contribution in [0, 0.1) is 0 Å². The van der Waals surface area contributed by atoms with Gasteiger partial charge in [-0.15, -0.1) is 0 Å². The first-order valence-electron chi connectivity index (χ1n) is 4.99. The molecule has 0 fully saturated rings. The van der Waals surface area contributed by atoms with Gasteiger partial charge in [0.2, 0.25) is 0 Å². The summed E-state index contributed by atoms with van der Waals surface area (Å²) in [4.78, 5) is 7.28. The van der Waals surface area contributed by atoms with E-state index in [-0.39, 0.29) is 6.04 Å². The second-order valence-corrected chi connectivity index (χ2v) is 4.55. The van der Waals surface area contributed by atoms with Crippen molar-refractivity contribution in [3.05, 3.63) is 30.1 Å². The lowest BCUT2D eigenvalue weighted by atomic mass is 10.1. The van der Waals surface area contributed by atoms with Crippen LogP contribution in [0.25, 0.3) is 11.0 Å². The fourth-order valence-corrected chi connectivity index (χ4v) is 2.08. The van der Waals surface area contributed by atoms with E-state index in [9.17, 15) is 0 Å². The number of nitrogens with one attached hydrogen (secondary N) is 1. The summed E-state index contributed by atoms with van der Waals surface area (Å²) in [5, 5.41) is 0. The van der Waals surface area contributed by atoms with Crippen molar-refractivity contribution in [2.24, 2.45) is 5.73 Å². The predicted octanol–water partition coefficient (Wildman–Crippen LogP) is 2.32. The van der Waals surface area contributed by atoms with Gasteiger partial charge < -0.3 is 10.7 Å². The van der Waals surface area contributed by atoms with Crippen LogP contribution >= 0.6 is 11.8 Å². The van der Waals surface area contributed by atoms with Gasteiger partial charge in [-0.1, -0.05) is 6.07 Å². The lowest BCUT2D eigenvalue weighted by Gasteiger charge is -2.10. The van der Waals surface area contributed by atoms with Gasteiger partial charge in [-0.05, 0) is 36.1 Å². The van der Waals surface area contributed by atoms with Crippen LogP contribution < -0.4 is 5.73 Å². The standard InChI is InChI=1S/C11H15N3S/c1-15-5-4-9(12)8-2-3-10-11(6-8)14-7-13-10/h2-3,6-7,9H,4-5,12H2,1H3,(H,13,14). The summed E-state index contributed by atoms with van der Waals surface area (Å²) in [6.45, 7) is 0. The van der Waals surface area contributed by atoms with Crippen molar-refractivity contribution in [1.29, 1.82) is 0 Å². The highest BCUT2D eigenvalue weighted by molar-refractivity contribution is 7.98. The number of rotatable bonds is 4. The van der Waals surface area contributed by atoms with Crippen LogP contribution in [-0.2, 0) is 0 Å². The van der Waals surface area contributed by atoms with Crippen LogP contribution in [0.5, 0.6) is 0 Å². The van der Waals surface area contributed by atoms with Crippen LogP contribution in [0.2, 0.25) is 0 Å². The molecule has 0 saturated carbocycles. The molecule has 0 aliphatic heterocycles. The second-order valence-electron chi connectivity index (χ2n) is 3.57. The molecular weight excluding hydrogens is 206 g/mol. The summed E-state index contributed by atoms with van der Waals surface area (Å²) >= 11 is 1.83. The van der Waals surface area contributed by atoms with E-state index in [2.05, 4.69) is 28.4 Å². The van der Waals surface area contributed by atoms with Crippen LogP contribution in [0.3, 0.4) is 0 Å². The predicted molar refractivity (Wildman–Crippen MR) is 66.0 cm³/mol. The highest BCUT2D eigenvalue weighted by Gasteiger charge is 2.06. The number of thioether (sulfide) groups is 1. The van der Waals surface area contributed by atoms with Crippen LogP contribution in [0.1, 0.15) is 18.0 Å². The molecule has 0 spiro atoms. The van der Waals surface area contributed by atoms with E-state index < -0.39 is 0 Å². The minimum absolute atomic E-state index is 0.130. The van der Waals surface area contributed by atoms with Crippen molar-refractivity contribution in [2.75, 3.05) is 12.0 Å². The number of hydrogen-bond acceptors (Lipinski definition) is 3. The Bertz CT molecular complexity index is 438. The van der Waals surface area contributed by atoms with Crippen molar-refractivity contribution in [3.8, 4) is 0 Å². The average molecular weight is 221 g/mol. The topological polar surface area (TPSA) is 54.7 Å². The van der Waals surface area contributed by atoms with E-state index in [1.165, 1.54) is 5.56 Å². The minimum atomic E-state index is 0.130. The monoisotopic (exact) mass is 221 g/mol. The Morgan fingerprint density at radius 3 is 3.20 bits per heavy atom. The van der Waals surface area contributed by atoms with E-state index in [1.54, 1.807) is 6.33 Å². The molecule has 1 atom stereocenters. The summed E-state index contributed by atoms with van der Waals surface area (Å²) in [5.41, 5.74) is 9.33. The third kappa shape index (κ3) is 2.33. The number of aromatic amines is 1. The molecule has 3 nitrogen and oxygen atoms in total. The first-order chi connectivity index (χ1) is 7.31. The highest BCUT2D eigenvalue weighted by atomic mass is 32.2. The van der Waals surface area contributed by atoms with Gasteiger partial charge in [0.05, 0.1) is 17.4 Å². The average Bonchev–Trinajstić information content (AvgIpc) is 2.72. The number of fused-ring (bicyclic) bond motifs is 1. The molecule has 3 N–H and O–H groups in total. The molecular formula is C11H15N3S. The number of benzene rings is 1. The van der Waals surface area contributed by atoms with Crippen molar-refractivity contribution in [2.45, 2.75) is 12.5 Å². The van der Waals surface area contributed by atoms with Gasteiger partial charge in [0.25, 0.3) is 0 Å². The van der Waals surface area contributed by atoms with Gasteiger partial charge in [0.1, 0.15) is 0 Å². The third-order valence-electron chi connectivity index (χ3n) is 2.51. The molecule has 4 heteroatoms. The van der Waals surface area contributed by atoms with E-state index in [1.807, 2.05) is 17.8 Å². The molecule has 0 amide bonds. The van der Waals surface area contributed by atoms with Crippen LogP contribution in [0.4, 0.5) is 0 Å². The number of nitrogens with zero attached hydrogens (tertiary/aromatic N) is 1. The number of imidazole rings is 1. The van der Waals surface area contributed by atoms with Crippen molar-refractivity contribution in [1.82, 2.24) is 9.97 Å². The molecule has 1 aromatic heterocycles. The van der Waals surface area contributed by atoms with E-state index in [0.717, 1.165) is 23.2 Å². The quantitative estimate of drug-likeness (QED) is 0.833. The molecule has 0 bridgehead atoms. The molecule has 1 unspecified atom stereocenters. The maximum atomic E-state index is 6.09. The summed E-state index contributed by atoms with van der Waals surface area (Å²) in [6.07, 6.45) is 4.83. The Labute approximate surface area is 93.5 Å². The van der Waals surface area contributed by atoms with Gasteiger partial charge in [-0.25, -0.2) is 4.98 Å². The number of hydrogen-bond donors (Lipinski definition) is 2. The Kier molecular flexibility index (Phi) is 3.28. The maximum Gasteiger partial charge on any atom is 0.0931 e. The van der Waals surface area contributed by atoms with Gasteiger partial charge in [0.15, 0.2) is 0 Å². The Hall–Kier alpha value is -1.00. The fourth-order valence-electron chi connectivity index (χ4n) is 1.60. The Morgan fingerprint density at radius 2 is 2.40 bits per heavy atom. The lowest BCUT2D eigenvalue weighted by molar-refractivity contribution is 0.706. The molecule has 1 heterocycles. The van der Waals surface area contributed by atoms with E-state index >= 15 is 0 Å². The minimum Gasteiger partial charge on any atom is -0.345 e. The summed E-state index contributed by atoms with van der Waals surface area (Å²) in [5.74, 6) is 1.10. The summed E-state index contributed by atoms with van der Waals surface area (Å²) in [7, 11) is 0. The number of nitrogens with two attached hydrogens (primary N) is 1. The molecule has 0 aliphatic rings. The number of aromatic nitrogens is 2. The summed E-state index contributed by atoms with van der Waals surface area (Å²) in [6, 6.07) is 6.30. The zero-order chi connectivity index (χ0) is 10.7. The van der Waals surface area contributed by atoms with E-state index in [0.29, 0.717) is 0 Å². The third-order valence-corrected chi connectivity index (χ3v) is 3.15. The van der Waals surface area contributed by atoms with Crippen molar-refractivity contribution < 1.29 is 0 Å². The van der Waals surface area contributed by atoms with Gasteiger partial charge >= 0.3 is 0 Å². The normalized spacial score (nSPS) is 13.2. The molecule has 15 heavy (non-hydrogen) atoms. The smallest absolute Gasteiger partial charge is 0.0931 e. The van der Waals surface area contributed by atoms with Crippen molar-refractivity contribution in [3.63, 3.8) is 0 Å². The van der Waals surface area contributed by atoms with E-state index in [4.69, 9.17) is 5.73 Å². The van der Waals surface area contributed by atoms with Gasteiger partial charge in [-0.2, -0.15) is 11.8 Å². The van der Waals surface area contributed by atoms with Crippen molar-refractivity contribution >= 4 is 22.8 Å². The van der Waals surface area contributed by atoms with Gasteiger partial charge in [-0.3, -0.25) is 0 Å². The summed E-state index contributed by atoms with van der Waals surface area (Å²) < 4.78 is 0. The SMILES string of the molecule is CSCCC(N)c1ccc2nc[nH]c2c1. The molecule has 2 rings (SSSR count).